The standard InChI is InChI=1S/C15H21N3O.ClH/c1-10(15(19)17-11-7-8-11)18-9-3-4-12-13(16)5-2-6-14(12)18;/h2,5-6,10-11H,3-4,7-9,16H2,1H3,(H,17,19);1H. The van der Waals surface area contributed by atoms with Gasteiger partial charge in [-0.2, -0.15) is 0 Å². The second-order valence-corrected chi connectivity index (χ2v) is 5.60. The topological polar surface area (TPSA) is 58.4 Å². The molecule has 1 saturated carbocycles. The van der Waals surface area contributed by atoms with Crippen molar-refractivity contribution >= 4 is 29.7 Å². The van der Waals surface area contributed by atoms with E-state index in [-0.39, 0.29) is 24.4 Å². The van der Waals surface area contributed by atoms with Crippen LogP contribution in [-0.4, -0.2) is 24.5 Å². The van der Waals surface area contributed by atoms with Crippen LogP contribution >= 0.6 is 12.4 Å². The number of nitrogens with zero attached hydrogens (tertiary/aromatic N) is 1. The van der Waals surface area contributed by atoms with Gasteiger partial charge in [-0.05, 0) is 50.3 Å². The van der Waals surface area contributed by atoms with Gasteiger partial charge in [-0.3, -0.25) is 4.79 Å². The quantitative estimate of drug-likeness (QED) is 0.840. The van der Waals surface area contributed by atoms with Crippen LogP contribution in [0, 0.1) is 0 Å². The van der Waals surface area contributed by atoms with Crippen LogP contribution in [0.25, 0.3) is 0 Å². The molecule has 1 aromatic rings. The zero-order chi connectivity index (χ0) is 13.4. The Kier molecular flexibility index (Phi) is 4.43. The Labute approximate surface area is 126 Å². The molecule has 1 aliphatic heterocycles. The van der Waals surface area contributed by atoms with Gasteiger partial charge in [0.1, 0.15) is 6.04 Å². The molecule has 3 N–H and O–H groups in total. The molecule has 1 unspecified atom stereocenters. The van der Waals surface area contributed by atoms with Gasteiger partial charge in [0.15, 0.2) is 0 Å². The van der Waals surface area contributed by atoms with E-state index in [9.17, 15) is 4.79 Å². The van der Waals surface area contributed by atoms with Gasteiger partial charge in [-0.25, -0.2) is 0 Å². The number of nitrogen functional groups attached to an aromatic ring is 1. The molecule has 3 rings (SSSR count). The highest BCUT2D eigenvalue weighted by Gasteiger charge is 2.30. The fraction of sp³-hybridized carbons (Fsp3) is 0.533. The summed E-state index contributed by atoms with van der Waals surface area (Å²) in [5.41, 5.74) is 9.21. The molecule has 0 radical (unpaired) electrons. The third kappa shape index (κ3) is 2.85. The number of fused-ring (bicyclic) bond motifs is 1. The van der Waals surface area contributed by atoms with Crippen molar-refractivity contribution in [1.29, 1.82) is 0 Å². The molecule has 1 aromatic carbocycles. The van der Waals surface area contributed by atoms with Crippen molar-refractivity contribution in [3.8, 4) is 0 Å². The second kappa shape index (κ2) is 5.92. The number of carbonyl (C=O) groups excluding carboxylic acids is 1. The second-order valence-electron chi connectivity index (χ2n) is 5.60. The van der Waals surface area contributed by atoms with E-state index in [1.807, 2.05) is 19.1 Å². The fourth-order valence-electron chi connectivity index (χ4n) is 2.77. The van der Waals surface area contributed by atoms with E-state index in [0.717, 1.165) is 43.6 Å². The first kappa shape index (κ1) is 15.0. The Bertz CT molecular complexity index is 502. The Morgan fingerprint density at radius 2 is 2.20 bits per heavy atom. The summed E-state index contributed by atoms with van der Waals surface area (Å²) in [5.74, 6) is 0.137. The highest BCUT2D eigenvalue weighted by Crippen LogP contribution is 2.32. The minimum atomic E-state index is -0.124. The van der Waals surface area contributed by atoms with E-state index in [0.29, 0.717) is 6.04 Å². The summed E-state index contributed by atoms with van der Waals surface area (Å²) in [4.78, 5) is 14.4. The third-order valence-electron chi connectivity index (χ3n) is 4.09. The maximum absolute atomic E-state index is 12.2. The maximum Gasteiger partial charge on any atom is 0.242 e. The number of anilines is 2. The largest absolute Gasteiger partial charge is 0.398 e. The summed E-state index contributed by atoms with van der Waals surface area (Å²) in [6.45, 7) is 2.91. The number of hydrogen-bond donors (Lipinski definition) is 2. The number of carbonyl (C=O) groups is 1. The van der Waals surface area contributed by atoms with Gasteiger partial charge < -0.3 is 16.0 Å². The summed E-state index contributed by atoms with van der Waals surface area (Å²) in [6.07, 6.45) is 4.32. The Morgan fingerprint density at radius 3 is 2.90 bits per heavy atom. The highest BCUT2D eigenvalue weighted by molar-refractivity contribution is 5.86. The van der Waals surface area contributed by atoms with Gasteiger partial charge >= 0.3 is 0 Å². The minimum Gasteiger partial charge on any atom is -0.398 e. The normalized spacial score (nSPS) is 18.8. The molecule has 1 heterocycles. The van der Waals surface area contributed by atoms with Crippen LogP contribution in [0.3, 0.4) is 0 Å². The van der Waals surface area contributed by atoms with Crippen LogP contribution < -0.4 is 16.0 Å². The van der Waals surface area contributed by atoms with Crippen molar-refractivity contribution in [1.82, 2.24) is 5.32 Å². The minimum absolute atomic E-state index is 0. The van der Waals surface area contributed by atoms with E-state index in [2.05, 4.69) is 16.3 Å². The molecule has 110 valence electrons. The lowest BCUT2D eigenvalue weighted by Crippen LogP contribution is -2.47. The van der Waals surface area contributed by atoms with Gasteiger partial charge in [0, 0.05) is 24.0 Å². The van der Waals surface area contributed by atoms with Crippen molar-refractivity contribution in [2.75, 3.05) is 17.2 Å². The third-order valence-corrected chi connectivity index (χ3v) is 4.09. The average Bonchev–Trinajstić information content (AvgIpc) is 3.22. The van der Waals surface area contributed by atoms with Crippen LogP contribution in [0.2, 0.25) is 0 Å². The molecule has 1 aliphatic carbocycles. The molecule has 20 heavy (non-hydrogen) atoms. The van der Waals surface area contributed by atoms with Crippen molar-refractivity contribution < 1.29 is 4.79 Å². The Balaban J connectivity index is 0.00000147. The van der Waals surface area contributed by atoms with Crippen molar-refractivity contribution in [3.05, 3.63) is 23.8 Å². The predicted molar refractivity (Wildman–Crippen MR) is 84.4 cm³/mol. The van der Waals surface area contributed by atoms with E-state index in [1.54, 1.807) is 0 Å². The molecule has 1 atom stereocenters. The molecule has 0 bridgehead atoms. The fourth-order valence-corrected chi connectivity index (χ4v) is 2.77. The molecule has 5 heteroatoms. The smallest absolute Gasteiger partial charge is 0.242 e. The number of rotatable bonds is 3. The summed E-state index contributed by atoms with van der Waals surface area (Å²) in [7, 11) is 0. The first-order valence-electron chi connectivity index (χ1n) is 7.11. The van der Waals surface area contributed by atoms with E-state index < -0.39 is 0 Å². The van der Waals surface area contributed by atoms with Crippen molar-refractivity contribution in [2.24, 2.45) is 0 Å². The molecule has 4 nitrogen and oxygen atoms in total. The lowest BCUT2D eigenvalue weighted by molar-refractivity contribution is -0.122. The number of amides is 1. The zero-order valence-corrected chi connectivity index (χ0v) is 12.6. The van der Waals surface area contributed by atoms with Crippen molar-refractivity contribution in [3.63, 3.8) is 0 Å². The number of halogens is 1. The predicted octanol–water partition coefficient (Wildman–Crippen LogP) is 2.11. The van der Waals surface area contributed by atoms with Gasteiger partial charge in [-0.15, -0.1) is 12.4 Å². The molecular weight excluding hydrogens is 274 g/mol. The molecule has 1 fully saturated rings. The summed E-state index contributed by atoms with van der Waals surface area (Å²) < 4.78 is 0. The first-order chi connectivity index (χ1) is 9.16. The molecular formula is C15H22ClN3O. The highest BCUT2D eigenvalue weighted by atomic mass is 35.5. The Morgan fingerprint density at radius 1 is 1.45 bits per heavy atom. The Hall–Kier alpha value is -1.42. The van der Waals surface area contributed by atoms with Crippen LogP contribution in [0.5, 0.6) is 0 Å². The van der Waals surface area contributed by atoms with Crippen LogP contribution in [0.1, 0.15) is 31.7 Å². The van der Waals surface area contributed by atoms with Gasteiger partial charge in [0.2, 0.25) is 5.91 Å². The van der Waals surface area contributed by atoms with Crippen LogP contribution in [-0.2, 0) is 11.2 Å². The van der Waals surface area contributed by atoms with Gasteiger partial charge in [0.05, 0.1) is 0 Å². The molecule has 0 saturated heterocycles. The van der Waals surface area contributed by atoms with Gasteiger partial charge in [0.25, 0.3) is 0 Å². The molecule has 1 amide bonds. The van der Waals surface area contributed by atoms with E-state index in [1.165, 1.54) is 5.56 Å². The number of hydrogen-bond acceptors (Lipinski definition) is 3. The summed E-state index contributed by atoms with van der Waals surface area (Å²) in [6, 6.07) is 6.28. The number of nitrogens with one attached hydrogen (secondary N) is 1. The number of nitrogens with two attached hydrogens (primary N) is 1. The molecule has 2 aliphatic rings. The summed E-state index contributed by atoms with van der Waals surface area (Å²) in [5, 5.41) is 3.08. The summed E-state index contributed by atoms with van der Waals surface area (Å²) >= 11 is 0. The lowest BCUT2D eigenvalue weighted by atomic mass is 9.98. The van der Waals surface area contributed by atoms with E-state index in [4.69, 9.17) is 5.73 Å². The lowest BCUT2D eigenvalue weighted by Gasteiger charge is -2.36. The van der Waals surface area contributed by atoms with Gasteiger partial charge in [-0.1, -0.05) is 6.07 Å². The average molecular weight is 296 g/mol. The number of benzene rings is 1. The van der Waals surface area contributed by atoms with Crippen LogP contribution in [0.15, 0.2) is 18.2 Å². The monoisotopic (exact) mass is 295 g/mol. The maximum atomic E-state index is 12.2. The van der Waals surface area contributed by atoms with Crippen LogP contribution in [0.4, 0.5) is 11.4 Å². The first-order valence-corrected chi connectivity index (χ1v) is 7.11. The SMILES string of the molecule is CC(C(=O)NC1CC1)N1CCCc2c(N)cccc21.Cl. The molecule has 0 aromatic heterocycles. The molecule has 0 spiro atoms. The van der Waals surface area contributed by atoms with Crippen molar-refractivity contribution in [2.45, 2.75) is 44.7 Å². The zero-order valence-electron chi connectivity index (χ0n) is 11.8. The van der Waals surface area contributed by atoms with E-state index >= 15 is 0 Å².